The van der Waals surface area contributed by atoms with Crippen LogP contribution in [-0.4, -0.2) is 42.9 Å². The van der Waals surface area contributed by atoms with Gasteiger partial charge in [0.1, 0.15) is 11.9 Å². The van der Waals surface area contributed by atoms with Crippen molar-refractivity contribution in [2.45, 2.75) is 25.5 Å². The summed E-state index contributed by atoms with van der Waals surface area (Å²) in [6, 6.07) is 25.7. The van der Waals surface area contributed by atoms with Crippen LogP contribution in [-0.2, 0) is 11.3 Å². The maximum absolute atomic E-state index is 12.8. The van der Waals surface area contributed by atoms with Gasteiger partial charge in [0.2, 0.25) is 5.91 Å². The van der Waals surface area contributed by atoms with Gasteiger partial charge in [0.25, 0.3) is 5.91 Å². The van der Waals surface area contributed by atoms with E-state index >= 15 is 0 Å². The first-order chi connectivity index (χ1) is 16.7. The van der Waals surface area contributed by atoms with Crippen molar-refractivity contribution in [2.24, 2.45) is 0 Å². The number of ether oxygens (including phenoxy) is 1. The lowest BCUT2D eigenvalue weighted by atomic mass is 10.1. The van der Waals surface area contributed by atoms with Gasteiger partial charge < -0.3 is 15.0 Å². The van der Waals surface area contributed by atoms with E-state index in [4.69, 9.17) is 4.74 Å². The van der Waals surface area contributed by atoms with Gasteiger partial charge in [-0.05, 0) is 36.2 Å². The first-order valence-electron chi connectivity index (χ1n) is 11.9. The van der Waals surface area contributed by atoms with Crippen LogP contribution in [0.3, 0.4) is 0 Å². The van der Waals surface area contributed by atoms with Gasteiger partial charge in [-0.25, -0.2) is 0 Å². The zero-order valence-electron chi connectivity index (χ0n) is 19.2. The van der Waals surface area contributed by atoms with Crippen LogP contribution in [0.15, 0.2) is 78.9 Å². The zero-order valence-corrected chi connectivity index (χ0v) is 19.2. The van der Waals surface area contributed by atoms with E-state index in [0.717, 1.165) is 42.1 Å². The summed E-state index contributed by atoms with van der Waals surface area (Å²) < 4.78 is 6.38. The fraction of sp³-hybridized carbons (Fsp3) is 0.286. The molecular formula is C28H29N3O3. The van der Waals surface area contributed by atoms with E-state index in [2.05, 4.69) is 28.4 Å². The number of carbonyl (C=O) groups is 2. The third-order valence-corrected chi connectivity index (χ3v) is 6.44. The van der Waals surface area contributed by atoms with E-state index in [0.29, 0.717) is 31.6 Å². The molecule has 6 heteroatoms. The van der Waals surface area contributed by atoms with Gasteiger partial charge in [0.15, 0.2) is 0 Å². The van der Waals surface area contributed by atoms with Crippen LogP contribution in [0.5, 0.6) is 5.75 Å². The van der Waals surface area contributed by atoms with Crippen LogP contribution >= 0.6 is 0 Å². The summed E-state index contributed by atoms with van der Waals surface area (Å²) >= 11 is 0. The number of hydrogen-bond acceptors (Lipinski definition) is 4. The number of nitrogens with one attached hydrogen (secondary N) is 1. The molecule has 2 aliphatic rings. The van der Waals surface area contributed by atoms with Gasteiger partial charge in [0.05, 0.1) is 0 Å². The summed E-state index contributed by atoms with van der Waals surface area (Å²) in [5, 5.41) is 3.05. The van der Waals surface area contributed by atoms with Crippen LogP contribution in [0, 0.1) is 0 Å². The molecule has 1 atom stereocenters. The highest BCUT2D eigenvalue weighted by molar-refractivity contribution is 5.99. The highest BCUT2D eigenvalue weighted by Gasteiger charge is 2.25. The molecule has 174 valence electrons. The molecule has 1 N–H and O–H groups in total. The minimum atomic E-state index is -0.125. The predicted molar refractivity (Wildman–Crippen MR) is 132 cm³/mol. The van der Waals surface area contributed by atoms with E-state index in [-0.39, 0.29) is 17.9 Å². The maximum Gasteiger partial charge on any atom is 0.251 e. The Morgan fingerprint density at radius 3 is 2.65 bits per heavy atom. The van der Waals surface area contributed by atoms with Crippen molar-refractivity contribution in [2.75, 3.05) is 31.1 Å². The van der Waals surface area contributed by atoms with Crippen molar-refractivity contribution in [3.8, 4) is 5.75 Å². The van der Waals surface area contributed by atoms with Gasteiger partial charge in [-0.15, -0.1) is 0 Å². The van der Waals surface area contributed by atoms with Crippen molar-refractivity contribution in [1.29, 1.82) is 0 Å². The summed E-state index contributed by atoms with van der Waals surface area (Å²) in [7, 11) is 0. The average molecular weight is 456 g/mol. The Labute approximate surface area is 200 Å². The summed E-state index contributed by atoms with van der Waals surface area (Å²) in [5.41, 5.74) is 3.66. The Hall–Kier alpha value is -3.64. The number of benzene rings is 3. The topological polar surface area (TPSA) is 61.9 Å². The first kappa shape index (κ1) is 22.2. The molecule has 3 aromatic rings. The lowest BCUT2D eigenvalue weighted by molar-refractivity contribution is -0.117. The van der Waals surface area contributed by atoms with Gasteiger partial charge in [0, 0.05) is 56.0 Å². The third-order valence-electron chi connectivity index (χ3n) is 6.44. The van der Waals surface area contributed by atoms with Gasteiger partial charge in [-0.2, -0.15) is 0 Å². The SMILES string of the molecule is O=C(NCCN1Cc2ccccc2OC(c2ccccc2)C1)c1cccc(N2CCCC2=O)c1. The molecule has 0 bridgehead atoms. The highest BCUT2D eigenvalue weighted by atomic mass is 16.5. The van der Waals surface area contributed by atoms with E-state index in [1.54, 1.807) is 17.0 Å². The molecule has 1 fully saturated rings. The second kappa shape index (κ2) is 10.1. The van der Waals surface area contributed by atoms with Gasteiger partial charge in [-0.3, -0.25) is 14.5 Å². The number of anilines is 1. The first-order valence-corrected chi connectivity index (χ1v) is 11.9. The largest absolute Gasteiger partial charge is 0.484 e. The summed E-state index contributed by atoms with van der Waals surface area (Å²) in [5.74, 6) is 0.907. The molecule has 0 aliphatic carbocycles. The van der Waals surface area contributed by atoms with Crippen molar-refractivity contribution in [3.63, 3.8) is 0 Å². The maximum atomic E-state index is 12.8. The fourth-order valence-electron chi connectivity index (χ4n) is 4.66. The number of rotatable bonds is 6. The predicted octanol–water partition coefficient (Wildman–Crippen LogP) is 4.18. The second-order valence-electron chi connectivity index (χ2n) is 8.82. The van der Waals surface area contributed by atoms with Crippen molar-refractivity contribution < 1.29 is 14.3 Å². The molecule has 5 rings (SSSR count). The molecule has 2 aliphatic heterocycles. The van der Waals surface area contributed by atoms with Crippen molar-refractivity contribution >= 4 is 17.5 Å². The molecule has 0 aromatic heterocycles. The molecule has 6 nitrogen and oxygen atoms in total. The molecule has 0 spiro atoms. The standard InChI is InChI=1S/C28H29N3O3/c32-27-14-7-16-31(27)24-12-6-11-22(18-24)28(33)29-15-17-30-19-23-10-4-5-13-25(23)34-26(20-30)21-8-2-1-3-9-21/h1-6,8-13,18,26H,7,14-17,19-20H2,(H,29,33). The average Bonchev–Trinajstić information content (AvgIpc) is 3.21. The smallest absolute Gasteiger partial charge is 0.251 e. The quantitative estimate of drug-likeness (QED) is 0.606. The number of nitrogens with zero attached hydrogens (tertiary/aromatic N) is 2. The summed E-state index contributed by atoms with van der Waals surface area (Å²) in [6.45, 7) is 3.44. The molecule has 0 saturated carbocycles. The second-order valence-corrected chi connectivity index (χ2v) is 8.82. The van der Waals surface area contributed by atoms with Crippen LogP contribution in [0.1, 0.15) is 40.4 Å². The lowest BCUT2D eigenvalue weighted by Gasteiger charge is -2.24. The highest BCUT2D eigenvalue weighted by Crippen LogP contribution is 2.30. The number of para-hydroxylation sites is 1. The molecule has 1 unspecified atom stereocenters. The summed E-state index contributed by atoms with van der Waals surface area (Å²) in [6.07, 6.45) is 1.36. The lowest BCUT2D eigenvalue weighted by Crippen LogP contribution is -2.36. The van der Waals surface area contributed by atoms with Gasteiger partial charge >= 0.3 is 0 Å². The third kappa shape index (κ3) is 4.97. The van der Waals surface area contributed by atoms with E-state index in [1.807, 2.05) is 48.5 Å². The Balaban J connectivity index is 1.24. The van der Waals surface area contributed by atoms with Crippen LogP contribution < -0.4 is 15.0 Å². The van der Waals surface area contributed by atoms with Crippen molar-refractivity contribution in [3.05, 3.63) is 95.6 Å². The molecule has 0 radical (unpaired) electrons. The van der Waals surface area contributed by atoms with Crippen LogP contribution in [0.25, 0.3) is 0 Å². The van der Waals surface area contributed by atoms with E-state index < -0.39 is 0 Å². The Kier molecular flexibility index (Phi) is 6.58. The normalized spacial score (nSPS) is 18.2. The molecule has 1 saturated heterocycles. The number of fused-ring (bicyclic) bond motifs is 1. The zero-order chi connectivity index (χ0) is 23.3. The molecule has 34 heavy (non-hydrogen) atoms. The Bertz CT molecular complexity index is 1160. The van der Waals surface area contributed by atoms with E-state index in [9.17, 15) is 9.59 Å². The monoisotopic (exact) mass is 455 g/mol. The minimum Gasteiger partial charge on any atom is -0.484 e. The van der Waals surface area contributed by atoms with Crippen LogP contribution in [0.2, 0.25) is 0 Å². The number of hydrogen-bond donors (Lipinski definition) is 1. The minimum absolute atomic E-state index is 0.0739. The fourth-order valence-corrected chi connectivity index (χ4v) is 4.66. The number of carbonyl (C=O) groups excluding carboxylic acids is 2. The Morgan fingerprint density at radius 1 is 1.00 bits per heavy atom. The number of amides is 2. The molecular weight excluding hydrogens is 426 g/mol. The molecule has 3 aromatic carbocycles. The Morgan fingerprint density at radius 2 is 1.82 bits per heavy atom. The van der Waals surface area contributed by atoms with Gasteiger partial charge in [-0.1, -0.05) is 54.6 Å². The van der Waals surface area contributed by atoms with Crippen LogP contribution in [0.4, 0.5) is 5.69 Å². The van der Waals surface area contributed by atoms with Crippen molar-refractivity contribution in [1.82, 2.24) is 10.2 Å². The summed E-state index contributed by atoms with van der Waals surface area (Å²) in [4.78, 5) is 29.0. The molecule has 2 heterocycles. The van der Waals surface area contributed by atoms with E-state index in [1.165, 1.54) is 0 Å². The molecule has 2 amide bonds.